The van der Waals surface area contributed by atoms with Crippen molar-refractivity contribution in [3.8, 4) is 17.2 Å². The monoisotopic (exact) mass is 287 g/mol. The minimum Gasteiger partial charge on any atom is -0.508 e. The van der Waals surface area contributed by atoms with Crippen molar-refractivity contribution in [3.05, 3.63) is 53.6 Å². The van der Waals surface area contributed by atoms with E-state index in [9.17, 15) is 5.11 Å². The van der Waals surface area contributed by atoms with E-state index < -0.39 is 0 Å². The van der Waals surface area contributed by atoms with Crippen molar-refractivity contribution in [2.45, 2.75) is 26.0 Å². The van der Waals surface area contributed by atoms with Crippen LogP contribution in [0.4, 0.5) is 0 Å². The standard InChI is InChI=1S/C17H21NO3/c1-12(18)8-13-6-7-16(20-2)17(10-13)21-11-14-4-3-5-15(19)9-14/h3-7,9-10,12,19H,8,11,18H2,1-2H3. The fourth-order valence-electron chi connectivity index (χ4n) is 2.14. The number of methoxy groups -OCH3 is 1. The summed E-state index contributed by atoms with van der Waals surface area (Å²) in [5, 5.41) is 9.46. The molecule has 0 heterocycles. The molecular weight excluding hydrogens is 266 g/mol. The van der Waals surface area contributed by atoms with Gasteiger partial charge in [-0.3, -0.25) is 0 Å². The third-order valence-corrected chi connectivity index (χ3v) is 3.09. The smallest absolute Gasteiger partial charge is 0.161 e. The third kappa shape index (κ3) is 4.39. The van der Waals surface area contributed by atoms with Crippen LogP contribution < -0.4 is 15.2 Å². The van der Waals surface area contributed by atoms with Crippen LogP contribution in [-0.2, 0) is 13.0 Å². The molecule has 0 saturated carbocycles. The molecule has 0 saturated heterocycles. The molecular formula is C17H21NO3. The van der Waals surface area contributed by atoms with Crippen LogP contribution in [0, 0.1) is 0 Å². The van der Waals surface area contributed by atoms with Gasteiger partial charge < -0.3 is 20.3 Å². The number of hydrogen-bond donors (Lipinski definition) is 2. The second kappa shape index (κ2) is 6.99. The fraction of sp³-hybridized carbons (Fsp3) is 0.294. The number of nitrogens with two attached hydrogens (primary N) is 1. The molecule has 4 heteroatoms. The van der Waals surface area contributed by atoms with Crippen LogP contribution >= 0.6 is 0 Å². The van der Waals surface area contributed by atoms with Gasteiger partial charge in [0.15, 0.2) is 11.5 Å². The van der Waals surface area contributed by atoms with Crippen molar-refractivity contribution in [1.82, 2.24) is 0 Å². The molecule has 1 unspecified atom stereocenters. The Morgan fingerprint density at radius 2 is 1.90 bits per heavy atom. The van der Waals surface area contributed by atoms with Crippen molar-refractivity contribution >= 4 is 0 Å². The Balaban J connectivity index is 2.13. The summed E-state index contributed by atoms with van der Waals surface area (Å²) in [4.78, 5) is 0. The molecule has 1 atom stereocenters. The quantitative estimate of drug-likeness (QED) is 0.857. The summed E-state index contributed by atoms with van der Waals surface area (Å²) in [7, 11) is 1.61. The lowest BCUT2D eigenvalue weighted by molar-refractivity contribution is 0.283. The first kappa shape index (κ1) is 15.2. The Morgan fingerprint density at radius 3 is 2.57 bits per heavy atom. The van der Waals surface area contributed by atoms with Crippen LogP contribution in [0.5, 0.6) is 17.2 Å². The van der Waals surface area contributed by atoms with Gasteiger partial charge in [0.2, 0.25) is 0 Å². The van der Waals surface area contributed by atoms with Gasteiger partial charge in [0, 0.05) is 6.04 Å². The van der Waals surface area contributed by atoms with E-state index in [2.05, 4.69) is 0 Å². The van der Waals surface area contributed by atoms with E-state index in [4.69, 9.17) is 15.2 Å². The van der Waals surface area contributed by atoms with E-state index >= 15 is 0 Å². The lowest BCUT2D eigenvalue weighted by Crippen LogP contribution is -2.17. The maximum absolute atomic E-state index is 9.46. The van der Waals surface area contributed by atoms with Crippen LogP contribution in [0.3, 0.4) is 0 Å². The van der Waals surface area contributed by atoms with E-state index in [1.165, 1.54) is 0 Å². The molecule has 21 heavy (non-hydrogen) atoms. The molecule has 0 aromatic heterocycles. The van der Waals surface area contributed by atoms with Crippen LogP contribution in [-0.4, -0.2) is 18.3 Å². The first-order valence-electron chi connectivity index (χ1n) is 6.91. The summed E-state index contributed by atoms with van der Waals surface area (Å²) < 4.78 is 11.1. The molecule has 0 amide bonds. The molecule has 0 radical (unpaired) electrons. The molecule has 0 aliphatic carbocycles. The second-order valence-corrected chi connectivity index (χ2v) is 5.13. The zero-order valence-electron chi connectivity index (χ0n) is 12.4. The van der Waals surface area contributed by atoms with E-state index in [1.807, 2.05) is 31.2 Å². The van der Waals surface area contributed by atoms with Gasteiger partial charge in [-0.1, -0.05) is 18.2 Å². The van der Waals surface area contributed by atoms with Crippen LogP contribution in [0.25, 0.3) is 0 Å². The number of ether oxygens (including phenoxy) is 2. The average molecular weight is 287 g/mol. The van der Waals surface area contributed by atoms with Gasteiger partial charge in [-0.25, -0.2) is 0 Å². The topological polar surface area (TPSA) is 64.7 Å². The Bertz CT molecular complexity index is 596. The van der Waals surface area contributed by atoms with Gasteiger partial charge in [0.1, 0.15) is 12.4 Å². The van der Waals surface area contributed by atoms with Crippen LogP contribution in [0.2, 0.25) is 0 Å². The number of rotatable bonds is 6. The molecule has 2 aromatic rings. The second-order valence-electron chi connectivity index (χ2n) is 5.13. The van der Waals surface area contributed by atoms with Crippen molar-refractivity contribution in [3.63, 3.8) is 0 Å². The summed E-state index contributed by atoms with van der Waals surface area (Å²) in [6, 6.07) is 12.9. The van der Waals surface area contributed by atoms with Gasteiger partial charge >= 0.3 is 0 Å². The highest BCUT2D eigenvalue weighted by Crippen LogP contribution is 2.29. The summed E-state index contributed by atoms with van der Waals surface area (Å²) >= 11 is 0. The first-order valence-corrected chi connectivity index (χ1v) is 6.91. The SMILES string of the molecule is COc1ccc(CC(C)N)cc1OCc1cccc(O)c1. The zero-order chi connectivity index (χ0) is 15.2. The lowest BCUT2D eigenvalue weighted by atomic mass is 10.1. The summed E-state index contributed by atoms with van der Waals surface area (Å²) in [5.41, 5.74) is 7.83. The van der Waals surface area contributed by atoms with Gasteiger partial charge in [0.05, 0.1) is 7.11 Å². The van der Waals surface area contributed by atoms with Crippen molar-refractivity contribution in [2.75, 3.05) is 7.11 Å². The molecule has 0 fully saturated rings. The summed E-state index contributed by atoms with van der Waals surface area (Å²) in [6.07, 6.45) is 0.784. The van der Waals surface area contributed by atoms with E-state index in [1.54, 1.807) is 25.3 Å². The normalized spacial score (nSPS) is 12.0. The molecule has 0 spiro atoms. The van der Waals surface area contributed by atoms with Gasteiger partial charge in [-0.15, -0.1) is 0 Å². The van der Waals surface area contributed by atoms with E-state index in [0.29, 0.717) is 18.1 Å². The molecule has 0 bridgehead atoms. The van der Waals surface area contributed by atoms with Crippen LogP contribution in [0.1, 0.15) is 18.1 Å². The fourth-order valence-corrected chi connectivity index (χ4v) is 2.14. The third-order valence-electron chi connectivity index (χ3n) is 3.09. The Morgan fingerprint density at radius 1 is 1.10 bits per heavy atom. The van der Waals surface area contributed by atoms with Crippen molar-refractivity contribution < 1.29 is 14.6 Å². The average Bonchev–Trinajstić information content (AvgIpc) is 2.45. The van der Waals surface area contributed by atoms with Crippen molar-refractivity contribution in [2.24, 2.45) is 5.73 Å². The summed E-state index contributed by atoms with van der Waals surface area (Å²) in [6.45, 7) is 2.34. The maximum Gasteiger partial charge on any atom is 0.161 e. The molecule has 2 rings (SSSR count). The highest BCUT2D eigenvalue weighted by Gasteiger charge is 2.08. The largest absolute Gasteiger partial charge is 0.508 e. The van der Waals surface area contributed by atoms with E-state index in [0.717, 1.165) is 17.5 Å². The first-order chi connectivity index (χ1) is 10.1. The highest BCUT2D eigenvalue weighted by molar-refractivity contribution is 5.43. The predicted molar refractivity (Wildman–Crippen MR) is 82.8 cm³/mol. The molecule has 112 valence electrons. The van der Waals surface area contributed by atoms with E-state index in [-0.39, 0.29) is 11.8 Å². The number of phenols is 1. The van der Waals surface area contributed by atoms with Gasteiger partial charge in [-0.2, -0.15) is 0 Å². The van der Waals surface area contributed by atoms with Crippen LogP contribution in [0.15, 0.2) is 42.5 Å². The maximum atomic E-state index is 9.46. The lowest BCUT2D eigenvalue weighted by Gasteiger charge is -2.13. The Labute approximate surface area is 125 Å². The van der Waals surface area contributed by atoms with Gasteiger partial charge in [0.25, 0.3) is 0 Å². The minimum absolute atomic E-state index is 0.0947. The van der Waals surface area contributed by atoms with Crippen molar-refractivity contribution in [1.29, 1.82) is 0 Å². The highest BCUT2D eigenvalue weighted by atomic mass is 16.5. The number of hydrogen-bond acceptors (Lipinski definition) is 4. The summed E-state index contributed by atoms with van der Waals surface area (Å²) in [5.74, 6) is 1.59. The zero-order valence-corrected chi connectivity index (χ0v) is 12.4. The Kier molecular flexibility index (Phi) is 5.06. The Hall–Kier alpha value is -2.20. The van der Waals surface area contributed by atoms with Gasteiger partial charge in [-0.05, 0) is 48.7 Å². The predicted octanol–water partition coefficient (Wildman–Crippen LogP) is 2.87. The number of benzene rings is 2. The molecule has 4 nitrogen and oxygen atoms in total. The molecule has 3 N–H and O–H groups in total. The molecule has 0 aliphatic heterocycles. The molecule has 0 aliphatic rings. The number of phenolic OH excluding ortho intramolecular Hbond substituents is 1. The number of aromatic hydroxyl groups is 1. The molecule has 2 aromatic carbocycles. The minimum atomic E-state index is 0.0947.